The van der Waals surface area contributed by atoms with Crippen molar-refractivity contribution in [1.29, 1.82) is 0 Å². The number of nitrogens with one attached hydrogen (secondary N) is 2. The number of carbonyl (C=O) groups excluding carboxylic acids is 2. The largest absolute Gasteiger partial charge is 0.506 e. The van der Waals surface area contributed by atoms with Crippen molar-refractivity contribution in [2.24, 2.45) is 0 Å². The summed E-state index contributed by atoms with van der Waals surface area (Å²) in [6, 6.07) is 11.9. The van der Waals surface area contributed by atoms with E-state index in [9.17, 15) is 19.8 Å². The number of amides is 1. The number of hydrogen-bond acceptors (Lipinski definition) is 6. The lowest BCUT2D eigenvalue weighted by Crippen LogP contribution is -2.32. The van der Waals surface area contributed by atoms with E-state index >= 15 is 0 Å². The van der Waals surface area contributed by atoms with Gasteiger partial charge < -0.3 is 25.6 Å². The third-order valence-electron chi connectivity index (χ3n) is 4.29. The molecule has 28 heavy (non-hydrogen) atoms. The van der Waals surface area contributed by atoms with Gasteiger partial charge in [0.1, 0.15) is 5.75 Å². The van der Waals surface area contributed by atoms with E-state index in [1.54, 1.807) is 24.3 Å². The summed E-state index contributed by atoms with van der Waals surface area (Å²) in [6.07, 6.45) is -0.0711. The summed E-state index contributed by atoms with van der Waals surface area (Å²) in [5, 5.41) is 26.0. The number of ether oxygens (including phenoxy) is 1. The minimum atomic E-state index is -0.794. The number of benzene rings is 2. The van der Waals surface area contributed by atoms with Gasteiger partial charge in [0.05, 0.1) is 24.5 Å². The second kappa shape index (κ2) is 9.87. The van der Waals surface area contributed by atoms with E-state index in [-0.39, 0.29) is 29.4 Å². The molecule has 150 valence electrons. The second-order valence-electron chi connectivity index (χ2n) is 6.68. The van der Waals surface area contributed by atoms with E-state index < -0.39 is 6.10 Å². The second-order valence-corrected chi connectivity index (χ2v) is 6.68. The molecule has 0 saturated heterocycles. The van der Waals surface area contributed by atoms with E-state index in [2.05, 4.69) is 15.4 Å². The average Bonchev–Trinajstić information content (AvgIpc) is 2.67. The fourth-order valence-corrected chi connectivity index (χ4v) is 2.80. The first-order valence-corrected chi connectivity index (χ1v) is 8.99. The van der Waals surface area contributed by atoms with Crippen molar-refractivity contribution in [2.75, 3.05) is 19.0 Å². The SMILES string of the molecule is COC(=O)c1ccc(CC(C)NCC(O)c2ccc(O)c(NC(C)=O)c2)cc1. The predicted octanol–water partition coefficient (Wildman–Crippen LogP) is 2.39. The number of rotatable bonds is 8. The molecule has 0 saturated carbocycles. The minimum absolute atomic E-state index is 0.0529. The Labute approximate surface area is 164 Å². The molecule has 7 heteroatoms. The van der Waals surface area contributed by atoms with Gasteiger partial charge in [-0.1, -0.05) is 18.2 Å². The standard InChI is InChI=1S/C21H26N2O5/c1-13(10-15-4-6-16(7-5-15)21(27)28-3)22-12-20(26)17-8-9-19(25)18(11-17)23-14(2)24/h4-9,11,13,20,22,25-26H,10,12H2,1-3H3,(H,23,24). The Morgan fingerprint density at radius 3 is 2.43 bits per heavy atom. The molecule has 0 aliphatic rings. The highest BCUT2D eigenvalue weighted by atomic mass is 16.5. The number of hydrogen-bond donors (Lipinski definition) is 4. The summed E-state index contributed by atoms with van der Waals surface area (Å²) in [5.74, 6) is -0.719. The molecule has 0 aromatic heterocycles. The summed E-state index contributed by atoms with van der Waals surface area (Å²) < 4.78 is 4.68. The van der Waals surface area contributed by atoms with E-state index in [0.717, 1.165) is 12.0 Å². The lowest BCUT2D eigenvalue weighted by molar-refractivity contribution is -0.114. The van der Waals surface area contributed by atoms with Gasteiger partial charge in [-0.3, -0.25) is 4.79 Å². The average molecular weight is 386 g/mol. The van der Waals surface area contributed by atoms with Crippen LogP contribution in [-0.4, -0.2) is 41.8 Å². The van der Waals surface area contributed by atoms with Crippen LogP contribution >= 0.6 is 0 Å². The van der Waals surface area contributed by atoms with Crippen molar-refractivity contribution in [3.63, 3.8) is 0 Å². The molecule has 7 nitrogen and oxygen atoms in total. The Hall–Kier alpha value is -2.90. The van der Waals surface area contributed by atoms with Gasteiger partial charge in [0.15, 0.2) is 0 Å². The van der Waals surface area contributed by atoms with Crippen molar-refractivity contribution in [3.05, 3.63) is 59.2 Å². The van der Waals surface area contributed by atoms with Crippen LogP contribution in [0.5, 0.6) is 5.75 Å². The van der Waals surface area contributed by atoms with E-state index in [1.807, 2.05) is 19.1 Å². The van der Waals surface area contributed by atoms with Crippen LogP contribution in [0.2, 0.25) is 0 Å². The lowest BCUT2D eigenvalue weighted by Gasteiger charge is -2.18. The van der Waals surface area contributed by atoms with Crippen molar-refractivity contribution >= 4 is 17.6 Å². The first-order valence-electron chi connectivity index (χ1n) is 8.99. The van der Waals surface area contributed by atoms with E-state index in [4.69, 9.17) is 0 Å². The van der Waals surface area contributed by atoms with Crippen molar-refractivity contribution < 1.29 is 24.5 Å². The fraction of sp³-hybridized carbons (Fsp3) is 0.333. The highest BCUT2D eigenvalue weighted by molar-refractivity contribution is 5.90. The molecule has 2 unspecified atom stereocenters. The molecule has 0 radical (unpaired) electrons. The number of aliphatic hydroxyl groups excluding tert-OH is 1. The third-order valence-corrected chi connectivity index (χ3v) is 4.29. The summed E-state index contributed by atoms with van der Waals surface area (Å²) in [6.45, 7) is 3.66. The predicted molar refractivity (Wildman–Crippen MR) is 106 cm³/mol. The normalized spacial score (nSPS) is 12.9. The molecule has 4 N–H and O–H groups in total. The zero-order valence-corrected chi connectivity index (χ0v) is 16.2. The number of aromatic hydroxyl groups is 1. The van der Waals surface area contributed by atoms with Crippen LogP contribution in [0.15, 0.2) is 42.5 Å². The molecule has 0 bridgehead atoms. The van der Waals surface area contributed by atoms with Gasteiger partial charge in [0, 0.05) is 19.5 Å². The summed E-state index contributed by atoms with van der Waals surface area (Å²) >= 11 is 0. The number of phenols is 1. The van der Waals surface area contributed by atoms with Crippen LogP contribution in [0.4, 0.5) is 5.69 Å². The first-order chi connectivity index (χ1) is 13.3. The van der Waals surface area contributed by atoms with Crippen molar-refractivity contribution in [2.45, 2.75) is 32.4 Å². The van der Waals surface area contributed by atoms with Crippen LogP contribution in [0.25, 0.3) is 0 Å². The number of methoxy groups -OCH3 is 1. The number of phenolic OH excluding ortho intramolecular Hbond substituents is 1. The molecule has 2 rings (SSSR count). The van der Waals surface area contributed by atoms with Gasteiger partial charge in [0.2, 0.25) is 5.91 Å². The molecule has 0 aliphatic carbocycles. The molecule has 1 amide bonds. The minimum Gasteiger partial charge on any atom is -0.506 e. The maximum Gasteiger partial charge on any atom is 0.337 e. The van der Waals surface area contributed by atoms with Gasteiger partial charge in [-0.15, -0.1) is 0 Å². The van der Waals surface area contributed by atoms with E-state index in [0.29, 0.717) is 17.7 Å². The summed E-state index contributed by atoms with van der Waals surface area (Å²) in [7, 11) is 1.35. The van der Waals surface area contributed by atoms with Crippen molar-refractivity contribution in [3.8, 4) is 5.75 Å². The van der Waals surface area contributed by atoms with Gasteiger partial charge in [0.25, 0.3) is 0 Å². The van der Waals surface area contributed by atoms with Gasteiger partial charge in [-0.25, -0.2) is 4.79 Å². The van der Waals surface area contributed by atoms with Gasteiger partial charge >= 0.3 is 5.97 Å². The number of aliphatic hydroxyl groups is 1. The molecule has 0 spiro atoms. The highest BCUT2D eigenvalue weighted by Crippen LogP contribution is 2.27. The first kappa shape index (κ1) is 21.4. The monoisotopic (exact) mass is 386 g/mol. The zero-order chi connectivity index (χ0) is 20.7. The fourth-order valence-electron chi connectivity index (χ4n) is 2.80. The quantitative estimate of drug-likeness (QED) is 0.410. The smallest absolute Gasteiger partial charge is 0.337 e. The van der Waals surface area contributed by atoms with Gasteiger partial charge in [-0.05, 0) is 48.7 Å². The zero-order valence-electron chi connectivity index (χ0n) is 16.2. The molecular weight excluding hydrogens is 360 g/mol. The number of carbonyl (C=O) groups is 2. The van der Waals surface area contributed by atoms with Gasteiger partial charge in [-0.2, -0.15) is 0 Å². The molecule has 2 aromatic carbocycles. The molecule has 2 atom stereocenters. The molecular formula is C21H26N2O5. The van der Waals surface area contributed by atoms with Crippen LogP contribution in [0.1, 0.15) is 41.4 Å². The molecule has 2 aromatic rings. The highest BCUT2D eigenvalue weighted by Gasteiger charge is 2.13. The Kier molecular flexibility index (Phi) is 7.54. The van der Waals surface area contributed by atoms with Crippen LogP contribution in [0, 0.1) is 0 Å². The Balaban J connectivity index is 1.90. The maximum absolute atomic E-state index is 11.5. The topological polar surface area (TPSA) is 108 Å². The lowest BCUT2D eigenvalue weighted by atomic mass is 10.0. The van der Waals surface area contributed by atoms with Crippen LogP contribution < -0.4 is 10.6 Å². The molecule has 0 heterocycles. The maximum atomic E-state index is 11.5. The van der Waals surface area contributed by atoms with Crippen molar-refractivity contribution in [1.82, 2.24) is 5.32 Å². The Morgan fingerprint density at radius 2 is 1.82 bits per heavy atom. The molecule has 0 aliphatic heterocycles. The van der Waals surface area contributed by atoms with Crippen LogP contribution in [-0.2, 0) is 16.0 Å². The number of anilines is 1. The third kappa shape index (κ3) is 6.07. The molecule has 0 fully saturated rings. The summed E-state index contributed by atoms with van der Waals surface area (Å²) in [5.41, 5.74) is 2.41. The Morgan fingerprint density at radius 1 is 1.14 bits per heavy atom. The summed E-state index contributed by atoms with van der Waals surface area (Å²) in [4.78, 5) is 22.6. The Bertz CT molecular complexity index is 820. The van der Waals surface area contributed by atoms with E-state index in [1.165, 1.54) is 20.1 Å². The van der Waals surface area contributed by atoms with Crippen LogP contribution in [0.3, 0.4) is 0 Å². The number of esters is 1.